The molecule has 8 unspecified atom stereocenters. The molecule has 1 aromatic rings. The highest BCUT2D eigenvalue weighted by molar-refractivity contribution is 7.91. The maximum Gasteiger partial charge on any atom is 0.407 e. The summed E-state index contributed by atoms with van der Waals surface area (Å²) in [7, 11) is -2.19. The van der Waals surface area contributed by atoms with E-state index in [0.29, 0.717) is 19.6 Å². The number of benzene rings is 1. The zero-order chi connectivity index (χ0) is 38.8. The van der Waals surface area contributed by atoms with Crippen molar-refractivity contribution in [1.29, 1.82) is 0 Å². The summed E-state index contributed by atoms with van der Waals surface area (Å²) < 4.78 is 63.7. The largest absolute Gasteiger partial charge is 0.444 e. The third-order valence-electron chi connectivity index (χ3n) is 10.1. The van der Waals surface area contributed by atoms with Crippen molar-refractivity contribution in [1.82, 2.24) is 5.32 Å². The van der Waals surface area contributed by atoms with Crippen molar-refractivity contribution in [3.63, 3.8) is 0 Å². The van der Waals surface area contributed by atoms with Gasteiger partial charge in [0.1, 0.15) is 5.60 Å². The minimum atomic E-state index is -3.72. The molecule has 53 heavy (non-hydrogen) atoms. The molecule has 1 aromatic carbocycles. The third kappa shape index (κ3) is 12.9. The van der Waals surface area contributed by atoms with E-state index in [0.717, 1.165) is 36.8 Å². The topological polar surface area (TPSA) is 139 Å². The van der Waals surface area contributed by atoms with E-state index in [4.69, 9.17) is 28.4 Å². The Balaban J connectivity index is 1.43. The van der Waals surface area contributed by atoms with Crippen LogP contribution in [0.5, 0.6) is 0 Å². The van der Waals surface area contributed by atoms with E-state index in [1.165, 1.54) is 7.11 Å². The fraction of sp³-hybridized carbons (Fsp3) is 0.634. The highest BCUT2D eigenvalue weighted by atomic mass is 32.2. The molecule has 0 radical (unpaired) electrons. The van der Waals surface area contributed by atoms with E-state index in [9.17, 15) is 18.3 Å². The van der Waals surface area contributed by atoms with Gasteiger partial charge in [0.2, 0.25) is 0 Å². The van der Waals surface area contributed by atoms with Crippen LogP contribution in [0.15, 0.2) is 84.3 Å². The Hall–Kier alpha value is -2.84. The summed E-state index contributed by atoms with van der Waals surface area (Å²) in [5, 5.41) is 13.6. The first-order chi connectivity index (χ1) is 25.1. The second kappa shape index (κ2) is 19.7. The van der Waals surface area contributed by atoms with Gasteiger partial charge in [-0.2, -0.15) is 0 Å². The van der Waals surface area contributed by atoms with Crippen LogP contribution in [0, 0.1) is 11.8 Å². The first-order valence-electron chi connectivity index (χ1n) is 18.7. The molecule has 3 aliphatic heterocycles. The van der Waals surface area contributed by atoms with Crippen molar-refractivity contribution in [2.45, 2.75) is 126 Å². The molecule has 11 nitrogen and oxygen atoms in total. The normalized spacial score (nSPS) is 30.1. The summed E-state index contributed by atoms with van der Waals surface area (Å²) in [6.45, 7) is 20.7. The van der Waals surface area contributed by atoms with E-state index >= 15 is 0 Å². The number of aliphatic hydroxyl groups is 1. The van der Waals surface area contributed by atoms with Crippen molar-refractivity contribution in [3.8, 4) is 0 Å². The summed E-state index contributed by atoms with van der Waals surface area (Å²) in [4.78, 5) is 12.5. The fourth-order valence-electron chi connectivity index (χ4n) is 7.42. The molecule has 296 valence electrons. The summed E-state index contributed by atoms with van der Waals surface area (Å²) in [6.07, 6.45) is 5.34. The number of aliphatic hydroxyl groups excluding tert-OH is 1. The summed E-state index contributed by atoms with van der Waals surface area (Å²) in [5.41, 5.74) is 1.33. The zero-order valence-corrected chi connectivity index (χ0v) is 32.9. The van der Waals surface area contributed by atoms with Crippen LogP contribution < -0.4 is 5.32 Å². The molecule has 12 heteroatoms. The molecule has 4 rings (SSSR count). The van der Waals surface area contributed by atoms with Crippen molar-refractivity contribution in [2.75, 3.05) is 32.6 Å². The molecule has 3 heterocycles. The quantitative estimate of drug-likeness (QED) is 0.133. The molecule has 0 spiro atoms. The Bertz CT molecular complexity index is 1510. The van der Waals surface area contributed by atoms with Crippen LogP contribution in [0.2, 0.25) is 0 Å². The van der Waals surface area contributed by atoms with Crippen LogP contribution in [-0.4, -0.2) is 107 Å². The number of alkyl carbamates (subject to hydrolysis) is 1. The minimum Gasteiger partial charge on any atom is -0.444 e. The molecule has 3 aliphatic rings. The van der Waals surface area contributed by atoms with Gasteiger partial charge in [0, 0.05) is 38.8 Å². The lowest BCUT2D eigenvalue weighted by Crippen LogP contribution is -2.41. The lowest BCUT2D eigenvalue weighted by atomic mass is 9.83. The van der Waals surface area contributed by atoms with Gasteiger partial charge in [-0.05, 0) is 69.2 Å². The number of sulfone groups is 1. The monoisotopic (exact) mass is 759 g/mol. The number of amides is 1. The van der Waals surface area contributed by atoms with Gasteiger partial charge in [-0.15, -0.1) is 6.58 Å². The van der Waals surface area contributed by atoms with Crippen LogP contribution in [0.1, 0.15) is 66.2 Å². The van der Waals surface area contributed by atoms with E-state index in [-0.39, 0.29) is 53.9 Å². The van der Waals surface area contributed by atoms with Crippen molar-refractivity contribution < 1.29 is 46.7 Å². The molecule has 10 atom stereocenters. The Kier molecular flexibility index (Phi) is 15.9. The van der Waals surface area contributed by atoms with Crippen LogP contribution >= 0.6 is 0 Å². The van der Waals surface area contributed by atoms with Crippen LogP contribution in [0.25, 0.3) is 0 Å². The molecule has 3 fully saturated rings. The Labute approximate surface area is 316 Å². The maximum atomic E-state index is 13.7. The Morgan fingerprint density at radius 1 is 1.08 bits per heavy atom. The predicted molar refractivity (Wildman–Crippen MR) is 204 cm³/mol. The van der Waals surface area contributed by atoms with Gasteiger partial charge in [-0.1, -0.05) is 56.5 Å². The maximum absolute atomic E-state index is 13.7. The van der Waals surface area contributed by atoms with Crippen molar-refractivity contribution in [2.24, 2.45) is 11.8 Å². The van der Waals surface area contributed by atoms with Crippen LogP contribution in [0.4, 0.5) is 4.79 Å². The second-order valence-corrected chi connectivity index (χ2v) is 17.5. The molecule has 0 aromatic heterocycles. The van der Waals surface area contributed by atoms with Gasteiger partial charge in [-0.3, -0.25) is 0 Å². The molecule has 2 N–H and O–H groups in total. The van der Waals surface area contributed by atoms with E-state index in [1.54, 1.807) is 57.2 Å². The van der Waals surface area contributed by atoms with Gasteiger partial charge >= 0.3 is 6.09 Å². The number of nitrogens with one attached hydrogen (secondary N) is 1. The number of hydrogen-bond acceptors (Lipinski definition) is 10. The predicted octanol–water partition coefficient (Wildman–Crippen LogP) is 6.13. The number of carbonyl (C=O) groups excluding carboxylic acids is 1. The standard InChI is InChI=1S/C41H61NO10S/c1-9-19-48-20-13-14-31-22-28(3)35(49-31)18-17-32-21-27(2)29(4)36(50-32)24-37-34(26-53(45,46)33-15-11-10-12-16-33)39(47-8)38(51-37)23-30(43)25-42-40(44)52-41(5,6)7/h9-16,27,30-32,34-39,43H,1,3-4,17-26H2,2,5-8H3,(H,42,44)/b14-13+/t27?,30?,31?,32?,34?,35-,36?,37?,38?,39+/m0/s1. The van der Waals surface area contributed by atoms with E-state index in [2.05, 4.69) is 32.0 Å². The molecule has 0 aliphatic carbocycles. The van der Waals surface area contributed by atoms with Gasteiger partial charge in [0.15, 0.2) is 9.84 Å². The molecule has 1 amide bonds. The van der Waals surface area contributed by atoms with Crippen molar-refractivity contribution >= 4 is 15.9 Å². The van der Waals surface area contributed by atoms with Gasteiger partial charge in [-0.25, -0.2) is 13.2 Å². The van der Waals surface area contributed by atoms with Gasteiger partial charge in [0.05, 0.1) is 72.7 Å². The smallest absolute Gasteiger partial charge is 0.407 e. The molecule has 3 saturated heterocycles. The minimum absolute atomic E-state index is 0.0320. The highest BCUT2D eigenvalue weighted by Crippen LogP contribution is 2.41. The van der Waals surface area contributed by atoms with Crippen LogP contribution in [-0.2, 0) is 38.3 Å². The van der Waals surface area contributed by atoms with Crippen molar-refractivity contribution in [3.05, 3.63) is 79.4 Å². The average Bonchev–Trinajstić information content (AvgIpc) is 3.61. The van der Waals surface area contributed by atoms with E-state index in [1.807, 2.05) is 12.2 Å². The SMILES string of the molecule is C=CCOC/C=C/C1CC(=C)[C@H](CCC2CC(C)C(=C)C(CC3OC(CC(O)CNC(=O)OC(C)(C)C)[C@H](OC)C3CS(=O)(=O)c3ccccc3)O2)O1. The fourth-order valence-corrected chi connectivity index (χ4v) is 9.10. The number of methoxy groups -OCH3 is 1. The number of rotatable bonds is 18. The van der Waals surface area contributed by atoms with Crippen LogP contribution in [0.3, 0.4) is 0 Å². The molecular weight excluding hydrogens is 699 g/mol. The lowest BCUT2D eigenvalue weighted by molar-refractivity contribution is -0.0769. The highest BCUT2D eigenvalue weighted by Gasteiger charge is 2.49. The van der Waals surface area contributed by atoms with E-state index < -0.39 is 51.9 Å². The number of carbonyl (C=O) groups is 1. The third-order valence-corrected chi connectivity index (χ3v) is 11.9. The molecular formula is C41H61NO10S. The average molecular weight is 760 g/mol. The summed E-state index contributed by atoms with van der Waals surface area (Å²) in [6, 6.07) is 8.35. The molecule has 0 bridgehead atoms. The Morgan fingerprint density at radius 3 is 2.49 bits per heavy atom. The zero-order valence-electron chi connectivity index (χ0n) is 32.1. The number of ether oxygens (including phenoxy) is 6. The lowest BCUT2D eigenvalue weighted by Gasteiger charge is -2.38. The second-order valence-electron chi connectivity index (χ2n) is 15.5. The first kappa shape index (κ1) is 42.9. The molecule has 0 saturated carbocycles. The Morgan fingerprint density at radius 2 is 1.81 bits per heavy atom. The number of hydrogen-bond donors (Lipinski definition) is 2. The summed E-state index contributed by atoms with van der Waals surface area (Å²) >= 11 is 0. The summed E-state index contributed by atoms with van der Waals surface area (Å²) in [5.74, 6) is -0.589. The van der Waals surface area contributed by atoms with Gasteiger partial charge < -0.3 is 38.8 Å². The first-order valence-corrected chi connectivity index (χ1v) is 20.4. The van der Waals surface area contributed by atoms with Gasteiger partial charge in [0.25, 0.3) is 0 Å².